The third kappa shape index (κ3) is 4.52. The van der Waals surface area contributed by atoms with Crippen LogP contribution in [-0.4, -0.2) is 54.5 Å². The fraction of sp³-hybridized carbons (Fsp3) is 0.381. The summed E-state index contributed by atoms with van der Waals surface area (Å²) in [4.78, 5) is 41.4. The highest BCUT2D eigenvalue weighted by Gasteiger charge is 2.41. The molecule has 0 spiro atoms. The van der Waals surface area contributed by atoms with E-state index in [1.54, 1.807) is 0 Å². The monoisotopic (exact) mass is 409 g/mol. The lowest BCUT2D eigenvalue weighted by molar-refractivity contribution is -0.146. The molecule has 1 N–H and O–H groups in total. The van der Waals surface area contributed by atoms with Crippen molar-refractivity contribution in [1.82, 2.24) is 10.2 Å². The van der Waals surface area contributed by atoms with E-state index in [-0.39, 0.29) is 12.3 Å². The van der Waals surface area contributed by atoms with Crippen molar-refractivity contribution >= 4 is 28.6 Å². The van der Waals surface area contributed by atoms with Crippen molar-refractivity contribution in [2.75, 3.05) is 13.7 Å². The standard InChI is InChI=1S/C21H23N5O4/c1-13(27)26-10-9-17(24-25-22)19(26)20(28)23-18(21(29)30-2)12-14-7-8-15-5-3-4-6-16(15)11-14/h3-8,11,17-19H,9-10,12H2,1-2H3,(H,23,28)/t17-,18+,19+/m1/s1. The van der Waals surface area contributed by atoms with Gasteiger partial charge in [-0.1, -0.05) is 47.6 Å². The number of ether oxygens (including phenoxy) is 1. The number of carbonyl (C=O) groups is 3. The highest BCUT2D eigenvalue weighted by Crippen LogP contribution is 2.22. The second kappa shape index (κ2) is 9.28. The van der Waals surface area contributed by atoms with Crippen LogP contribution in [0.15, 0.2) is 47.6 Å². The van der Waals surface area contributed by atoms with Crippen molar-refractivity contribution in [2.45, 2.75) is 37.9 Å². The van der Waals surface area contributed by atoms with Gasteiger partial charge in [-0.25, -0.2) is 4.79 Å². The smallest absolute Gasteiger partial charge is 0.328 e. The molecule has 3 atom stereocenters. The van der Waals surface area contributed by atoms with Crippen LogP contribution in [-0.2, 0) is 25.5 Å². The third-order valence-electron chi connectivity index (χ3n) is 5.29. The van der Waals surface area contributed by atoms with Gasteiger partial charge in [0.25, 0.3) is 0 Å². The van der Waals surface area contributed by atoms with Crippen molar-refractivity contribution in [3.05, 3.63) is 58.5 Å². The molecule has 0 aromatic heterocycles. The predicted octanol–water partition coefficient (Wildman–Crippen LogP) is 2.34. The molecule has 0 radical (unpaired) electrons. The van der Waals surface area contributed by atoms with Gasteiger partial charge < -0.3 is 15.0 Å². The lowest BCUT2D eigenvalue weighted by Crippen LogP contribution is -2.54. The first-order chi connectivity index (χ1) is 14.4. The number of esters is 1. The fourth-order valence-electron chi connectivity index (χ4n) is 3.83. The zero-order valence-electron chi connectivity index (χ0n) is 16.8. The molecule has 9 heteroatoms. The van der Waals surface area contributed by atoms with Gasteiger partial charge in [-0.3, -0.25) is 9.59 Å². The number of rotatable bonds is 6. The molecule has 9 nitrogen and oxygen atoms in total. The quantitative estimate of drug-likeness (QED) is 0.340. The fourth-order valence-corrected chi connectivity index (χ4v) is 3.83. The van der Waals surface area contributed by atoms with Crippen molar-refractivity contribution in [3.8, 4) is 0 Å². The number of likely N-dealkylation sites (tertiary alicyclic amines) is 1. The molecule has 30 heavy (non-hydrogen) atoms. The topological polar surface area (TPSA) is 124 Å². The number of azide groups is 1. The Morgan fingerprint density at radius 1 is 1.27 bits per heavy atom. The van der Waals surface area contributed by atoms with Gasteiger partial charge in [0.05, 0.1) is 13.2 Å². The number of carbonyl (C=O) groups excluding carboxylic acids is 3. The maximum Gasteiger partial charge on any atom is 0.328 e. The Kier molecular flexibility index (Phi) is 6.54. The number of hydrogen-bond acceptors (Lipinski definition) is 5. The summed E-state index contributed by atoms with van der Waals surface area (Å²) >= 11 is 0. The molecule has 3 rings (SSSR count). The van der Waals surface area contributed by atoms with E-state index in [4.69, 9.17) is 10.3 Å². The summed E-state index contributed by atoms with van der Waals surface area (Å²) in [5, 5.41) is 8.44. The molecule has 0 aliphatic carbocycles. The SMILES string of the molecule is COC(=O)[C@H](Cc1ccc2ccccc2c1)NC(=O)[C@@H]1[C@H](N=[N+]=[N-])CCN1C(C)=O. The first kappa shape index (κ1) is 21.1. The molecular weight excluding hydrogens is 386 g/mol. The number of hydrogen-bond donors (Lipinski definition) is 1. The minimum atomic E-state index is -0.956. The second-order valence-electron chi connectivity index (χ2n) is 7.19. The number of benzene rings is 2. The molecule has 1 aliphatic heterocycles. The molecule has 1 saturated heterocycles. The van der Waals surface area contributed by atoms with Crippen molar-refractivity contribution < 1.29 is 19.1 Å². The minimum absolute atomic E-state index is 0.224. The Balaban J connectivity index is 1.82. The highest BCUT2D eigenvalue weighted by molar-refractivity contribution is 5.91. The average molecular weight is 409 g/mol. The number of amides is 2. The lowest BCUT2D eigenvalue weighted by atomic mass is 10.0. The number of fused-ring (bicyclic) bond motifs is 1. The van der Waals surface area contributed by atoms with Crippen LogP contribution < -0.4 is 5.32 Å². The van der Waals surface area contributed by atoms with Crippen molar-refractivity contribution in [2.24, 2.45) is 5.11 Å². The number of nitrogens with zero attached hydrogens (tertiary/aromatic N) is 4. The Hall–Kier alpha value is -3.58. The summed E-state index contributed by atoms with van der Waals surface area (Å²) in [5.41, 5.74) is 9.64. The maximum absolute atomic E-state index is 13.0. The molecule has 1 aliphatic rings. The number of nitrogens with one attached hydrogen (secondary N) is 1. The summed E-state index contributed by atoms with van der Waals surface area (Å²) in [7, 11) is 1.25. The Morgan fingerprint density at radius 3 is 2.67 bits per heavy atom. The van der Waals surface area contributed by atoms with Gasteiger partial charge in [0.15, 0.2) is 0 Å². The first-order valence-corrected chi connectivity index (χ1v) is 9.62. The van der Waals surface area contributed by atoms with Crippen molar-refractivity contribution in [3.63, 3.8) is 0 Å². The number of methoxy groups -OCH3 is 1. The van der Waals surface area contributed by atoms with E-state index in [1.807, 2.05) is 42.5 Å². The average Bonchev–Trinajstić information content (AvgIpc) is 3.17. The van der Waals surface area contributed by atoms with E-state index in [9.17, 15) is 14.4 Å². The van der Waals surface area contributed by atoms with Gasteiger partial charge in [-0.2, -0.15) is 0 Å². The van der Waals surface area contributed by atoms with E-state index in [0.717, 1.165) is 16.3 Å². The van der Waals surface area contributed by atoms with Gasteiger partial charge in [0, 0.05) is 24.8 Å². The molecule has 0 unspecified atom stereocenters. The molecule has 0 saturated carbocycles. The van der Waals surface area contributed by atoms with E-state index >= 15 is 0 Å². The van der Waals surface area contributed by atoms with Crippen LogP contribution in [0.5, 0.6) is 0 Å². The second-order valence-corrected chi connectivity index (χ2v) is 7.19. The van der Waals surface area contributed by atoms with E-state index < -0.39 is 30.0 Å². The van der Waals surface area contributed by atoms with Crippen LogP contribution in [0.2, 0.25) is 0 Å². The molecule has 2 aromatic carbocycles. The largest absolute Gasteiger partial charge is 0.467 e. The summed E-state index contributed by atoms with van der Waals surface area (Å²) < 4.78 is 4.87. The molecule has 1 heterocycles. The third-order valence-corrected chi connectivity index (χ3v) is 5.29. The summed E-state index contributed by atoms with van der Waals surface area (Å²) in [6, 6.07) is 11.1. The molecule has 2 amide bonds. The molecule has 1 fully saturated rings. The van der Waals surface area contributed by atoms with Gasteiger partial charge in [-0.15, -0.1) is 0 Å². The van der Waals surface area contributed by atoms with Crippen LogP contribution in [0.4, 0.5) is 0 Å². The highest BCUT2D eigenvalue weighted by atomic mass is 16.5. The van der Waals surface area contributed by atoms with Crippen LogP contribution in [0.3, 0.4) is 0 Å². The zero-order chi connectivity index (χ0) is 21.7. The van der Waals surface area contributed by atoms with Gasteiger partial charge >= 0.3 is 5.97 Å². The Labute approximate surface area is 173 Å². The van der Waals surface area contributed by atoms with Gasteiger partial charge in [0.2, 0.25) is 11.8 Å². The van der Waals surface area contributed by atoms with Crippen LogP contribution in [0, 0.1) is 0 Å². The minimum Gasteiger partial charge on any atom is -0.467 e. The molecule has 2 aromatic rings. The summed E-state index contributed by atoms with van der Waals surface area (Å²) in [6.45, 7) is 1.66. The normalized spacial score (nSPS) is 19.1. The maximum atomic E-state index is 13.0. The molecule has 156 valence electrons. The summed E-state index contributed by atoms with van der Waals surface area (Å²) in [6.07, 6.45) is 0.609. The van der Waals surface area contributed by atoms with Gasteiger partial charge in [-0.05, 0) is 28.3 Å². The van der Waals surface area contributed by atoms with Crippen LogP contribution in [0.1, 0.15) is 18.9 Å². The molecular formula is C21H23N5O4. The predicted molar refractivity (Wildman–Crippen MR) is 110 cm³/mol. The molecule has 0 bridgehead atoms. The van der Waals surface area contributed by atoms with Crippen LogP contribution >= 0.6 is 0 Å². The lowest BCUT2D eigenvalue weighted by Gasteiger charge is -2.26. The Bertz CT molecular complexity index is 1010. The van der Waals surface area contributed by atoms with E-state index in [1.165, 1.54) is 18.9 Å². The zero-order valence-corrected chi connectivity index (χ0v) is 16.8. The van der Waals surface area contributed by atoms with E-state index in [0.29, 0.717) is 13.0 Å². The van der Waals surface area contributed by atoms with Crippen LogP contribution in [0.25, 0.3) is 21.2 Å². The summed E-state index contributed by atoms with van der Waals surface area (Å²) in [5.74, 6) is -1.43. The Morgan fingerprint density at radius 2 is 2.00 bits per heavy atom. The first-order valence-electron chi connectivity index (χ1n) is 9.62. The van der Waals surface area contributed by atoms with Gasteiger partial charge in [0.1, 0.15) is 12.1 Å². The van der Waals surface area contributed by atoms with Crippen molar-refractivity contribution in [1.29, 1.82) is 0 Å². The van der Waals surface area contributed by atoms with E-state index in [2.05, 4.69) is 15.3 Å².